The van der Waals surface area contributed by atoms with E-state index in [0.717, 1.165) is 59.3 Å². The Morgan fingerprint density at radius 3 is 2.82 bits per heavy atom. The molecule has 6 rings (SSSR count). The van der Waals surface area contributed by atoms with Gasteiger partial charge in [0.2, 0.25) is 0 Å². The molecule has 0 atom stereocenters. The van der Waals surface area contributed by atoms with Crippen molar-refractivity contribution in [3.8, 4) is 17.3 Å². The summed E-state index contributed by atoms with van der Waals surface area (Å²) in [5.74, 6) is 0.563. The summed E-state index contributed by atoms with van der Waals surface area (Å²) >= 11 is 0. The van der Waals surface area contributed by atoms with E-state index in [9.17, 15) is 5.26 Å². The van der Waals surface area contributed by atoms with Crippen LogP contribution in [0.15, 0.2) is 61.3 Å². The number of benzene rings is 1. The maximum atomic E-state index is 9.43. The highest BCUT2D eigenvalue weighted by atomic mass is 15.3. The number of fused-ring (bicyclic) bond motifs is 2. The zero-order valence-electron chi connectivity index (χ0n) is 18.6. The SMILES string of the molecule is N#CCC1(n2cc(-c3cnc4ncc(Cc5ccc6ncccc6c5)n4n3)cn2)CCNCC1. The van der Waals surface area contributed by atoms with E-state index in [2.05, 4.69) is 49.6 Å². The lowest BCUT2D eigenvalue weighted by atomic mass is 9.86. The van der Waals surface area contributed by atoms with E-state index in [4.69, 9.17) is 5.10 Å². The van der Waals surface area contributed by atoms with Gasteiger partial charge in [0.25, 0.3) is 5.78 Å². The summed E-state index contributed by atoms with van der Waals surface area (Å²) in [5.41, 5.74) is 4.42. The molecule has 5 heterocycles. The van der Waals surface area contributed by atoms with E-state index in [1.807, 2.05) is 35.4 Å². The van der Waals surface area contributed by atoms with Crippen LogP contribution in [0.5, 0.6) is 0 Å². The van der Waals surface area contributed by atoms with Gasteiger partial charge in [0, 0.05) is 29.8 Å². The van der Waals surface area contributed by atoms with Gasteiger partial charge in [0.05, 0.1) is 47.8 Å². The van der Waals surface area contributed by atoms with Crippen molar-refractivity contribution in [1.29, 1.82) is 5.26 Å². The molecule has 0 bridgehead atoms. The first kappa shape index (κ1) is 20.4. The Hall–Kier alpha value is -4.16. The molecule has 9 nitrogen and oxygen atoms in total. The minimum Gasteiger partial charge on any atom is -0.317 e. The highest BCUT2D eigenvalue weighted by molar-refractivity contribution is 5.79. The predicted octanol–water partition coefficient (Wildman–Crippen LogP) is 3.12. The number of hydrogen-bond donors (Lipinski definition) is 1. The normalized spacial score (nSPS) is 15.5. The van der Waals surface area contributed by atoms with E-state index in [-0.39, 0.29) is 5.54 Å². The van der Waals surface area contributed by atoms with Crippen LogP contribution in [0.3, 0.4) is 0 Å². The van der Waals surface area contributed by atoms with Gasteiger partial charge in [-0.3, -0.25) is 9.67 Å². The highest BCUT2D eigenvalue weighted by Gasteiger charge is 2.34. The molecule has 0 amide bonds. The molecule has 0 spiro atoms. The van der Waals surface area contributed by atoms with Gasteiger partial charge in [-0.1, -0.05) is 12.1 Å². The van der Waals surface area contributed by atoms with Gasteiger partial charge in [-0.05, 0) is 49.7 Å². The average Bonchev–Trinajstić information content (AvgIpc) is 3.53. The van der Waals surface area contributed by atoms with Crippen LogP contribution in [0.4, 0.5) is 0 Å². The maximum Gasteiger partial charge on any atom is 0.250 e. The lowest BCUT2D eigenvalue weighted by Crippen LogP contribution is -2.44. The Morgan fingerprint density at radius 1 is 1.06 bits per heavy atom. The van der Waals surface area contributed by atoms with Crippen molar-refractivity contribution < 1.29 is 0 Å². The number of piperidine rings is 1. The number of nitrogens with zero attached hydrogens (tertiary/aromatic N) is 8. The first-order chi connectivity index (χ1) is 16.7. The minimum atomic E-state index is -0.277. The number of nitriles is 1. The van der Waals surface area contributed by atoms with Crippen LogP contribution in [0.2, 0.25) is 0 Å². The zero-order valence-corrected chi connectivity index (χ0v) is 18.6. The summed E-state index contributed by atoms with van der Waals surface area (Å²) in [6, 6.07) is 12.6. The fourth-order valence-electron chi connectivity index (χ4n) is 4.76. The second kappa shape index (κ2) is 8.32. The van der Waals surface area contributed by atoms with Crippen LogP contribution >= 0.6 is 0 Å². The molecule has 1 fully saturated rings. The molecule has 9 heteroatoms. The van der Waals surface area contributed by atoms with Crippen molar-refractivity contribution in [2.75, 3.05) is 13.1 Å². The van der Waals surface area contributed by atoms with Gasteiger partial charge in [0.15, 0.2) is 0 Å². The third-order valence-electron chi connectivity index (χ3n) is 6.66. The average molecular weight is 450 g/mol. The van der Waals surface area contributed by atoms with Gasteiger partial charge < -0.3 is 5.32 Å². The standard InChI is InChI=1S/C25H23N9/c26-8-5-25(6-10-27-11-7-25)33-17-20(14-31-33)23-16-30-24-29-15-21(34(24)32-23)13-18-3-4-22-19(12-18)2-1-9-28-22/h1-4,9,12,14-17,27H,5-7,10-11,13H2. The molecule has 1 saturated heterocycles. The van der Waals surface area contributed by atoms with Crippen molar-refractivity contribution >= 4 is 16.7 Å². The largest absolute Gasteiger partial charge is 0.317 e. The van der Waals surface area contributed by atoms with Gasteiger partial charge >= 0.3 is 0 Å². The summed E-state index contributed by atoms with van der Waals surface area (Å²) in [6.45, 7) is 1.76. The predicted molar refractivity (Wildman–Crippen MR) is 127 cm³/mol. The van der Waals surface area contributed by atoms with Gasteiger partial charge in [-0.25, -0.2) is 14.5 Å². The van der Waals surface area contributed by atoms with E-state index >= 15 is 0 Å². The van der Waals surface area contributed by atoms with Crippen LogP contribution in [-0.4, -0.2) is 47.4 Å². The molecule has 168 valence electrons. The molecular weight excluding hydrogens is 426 g/mol. The smallest absolute Gasteiger partial charge is 0.250 e. The number of pyridine rings is 1. The van der Waals surface area contributed by atoms with Crippen molar-refractivity contribution in [2.24, 2.45) is 0 Å². The minimum absolute atomic E-state index is 0.277. The third-order valence-corrected chi connectivity index (χ3v) is 6.66. The van der Waals surface area contributed by atoms with Crippen molar-refractivity contribution in [2.45, 2.75) is 31.2 Å². The summed E-state index contributed by atoms with van der Waals surface area (Å²) in [6.07, 6.45) is 12.0. The summed E-state index contributed by atoms with van der Waals surface area (Å²) in [7, 11) is 0. The van der Waals surface area contributed by atoms with E-state index < -0.39 is 0 Å². The number of hydrogen-bond acceptors (Lipinski definition) is 7. The van der Waals surface area contributed by atoms with Crippen LogP contribution in [-0.2, 0) is 12.0 Å². The van der Waals surface area contributed by atoms with Crippen molar-refractivity contribution in [1.82, 2.24) is 39.7 Å². The fourth-order valence-corrected chi connectivity index (χ4v) is 4.76. The second-order valence-corrected chi connectivity index (χ2v) is 8.79. The van der Waals surface area contributed by atoms with Gasteiger partial charge in [0.1, 0.15) is 5.69 Å². The first-order valence-corrected chi connectivity index (χ1v) is 11.4. The topological polar surface area (TPSA) is 110 Å². The Bertz CT molecular complexity index is 1520. The van der Waals surface area contributed by atoms with E-state index in [0.29, 0.717) is 18.6 Å². The quantitative estimate of drug-likeness (QED) is 0.439. The Morgan fingerprint density at radius 2 is 1.94 bits per heavy atom. The first-order valence-electron chi connectivity index (χ1n) is 11.4. The molecule has 4 aromatic heterocycles. The molecule has 0 saturated carbocycles. The molecule has 1 aromatic carbocycles. The van der Waals surface area contributed by atoms with Gasteiger partial charge in [-0.2, -0.15) is 15.5 Å². The molecule has 0 unspecified atom stereocenters. The molecule has 0 aliphatic carbocycles. The zero-order chi connectivity index (χ0) is 23.0. The lowest BCUT2D eigenvalue weighted by molar-refractivity contribution is 0.189. The summed E-state index contributed by atoms with van der Waals surface area (Å²) in [5, 5.41) is 23.4. The maximum absolute atomic E-state index is 9.43. The molecule has 1 aliphatic heterocycles. The Kier molecular flexibility index (Phi) is 5.00. The summed E-state index contributed by atoms with van der Waals surface area (Å²) in [4.78, 5) is 13.4. The van der Waals surface area contributed by atoms with Crippen LogP contribution in [0.1, 0.15) is 30.5 Å². The summed E-state index contributed by atoms with van der Waals surface area (Å²) < 4.78 is 3.76. The number of nitrogens with one attached hydrogen (secondary N) is 1. The molecule has 1 N–H and O–H groups in total. The molecular formula is C25H23N9. The van der Waals surface area contributed by atoms with Crippen LogP contribution in [0, 0.1) is 11.3 Å². The fraction of sp³-hybridized carbons (Fsp3) is 0.280. The van der Waals surface area contributed by atoms with Crippen molar-refractivity contribution in [3.05, 3.63) is 72.6 Å². The molecule has 5 aromatic rings. The van der Waals surface area contributed by atoms with Gasteiger partial charge in [-0.15, -0.1) is 0 Å². The monoisotopic (exact) mass is 449 g/mol. The highest BCUT2D eigenvalue weighted by Crippen LogP contribution is 2.32. The van der Waals surface area contributed by atoms with Crippen LogP contribution in [0.25, 0.3) is 27.9 Å². The number of imidazole rings is 1. The number of rotatable bonds is 5. The molecule has 34 heavy (non-hydrogen) atoms. The van der Waals surface area contributed by atoms with E-state index in [1.54, 1.807) is 16.9 Å². The Labute approximate surface area is 196 Å². The number of aromatic nitrogens is 7. The lowest BCUT2D eigenvalue weighted by Gasteiger charge is -2.36. The third kappa shape index (κ3) is 3.58. The van der Waals surface area contributed by atoms with Crippen molar-refractivity contribution in [3.63, 3.8) is 0 Å². The molecule has 1 aliphatic rings. The van der Waals surface area contributed by atoms with Crippen LogP contribution < -0.4 is 5.32 Å². The second-order valence-electron chi connectivity index (χ2n) is 8.79. The van der Waals surface area contributed by atoms with E-state index in [1.165, 1.54) is 0 Å². The Balaban J connectivity index is 1.33. The molecule has 0 radical (unpaired) electrons.